The fourth-order valence-electron chi connectivity index (χ4n) is 2.67. The molecule has 2 aliphatic rings. The highest BCUT2D eigenvalue weighted by Gasteiger charge is 2.48. The number of nitrogens with one attached hydrogen (secondary N) is 1. The van der Waals surface area contributed by atoms with Crippen LogP contribution < -0.4 is 5.32 Å². The Hall–Kier alpha value is -1.80. The Kier molecular flexibility index (Phi) is 6.52. The molecule has 3 unspecified atom stereocenters. The van der Waals surface area contributed by atoms with E-state index in [0.29, 0.717) is 0 Å². The molecule has 1 fully saturated rings. The second-order valence-corrected chi connectivity index (χ2v) is 5.87. The summed E-state index contributed by atoms with van der Waals surface area (Å²) in [6.07, 6.45) is -10.2. The van der Waals surface area contributed by atoms with Crippen molar-refractivity contribution in [1.29, 1.82) is 0 Å². The van der Waals surface area contributed by atoms with Gasteiger partial charge in [0, 0.05) is 6.92 Å². The van der Waals surface area contributed by atoms with E-state index in [2.05, 4.69) is 5.32 Å². The van der Waals surface area contributed by atoms with Crippen molar-refractivity contribution in [2.75, 3.05) is 6.61 Å². The predicted octanol–water partition coefficient (Wildman–Crippen LogP) is -4.01. The van der Waals surface area contributed by atoms with Crippen LogP contribution in [0.2, 0.25) is 0 Å². The molecule has 12 heteroatoms. The molecular formula is C14H21NO11. The molecule has 0 bridgehead atoms. The number of amides is 1. The van der Waals surface area contributed by atoms with Gasteiger partial charge in [-0.2, -0.15) is 0 Å². The number of aliphatic hydroxyl groups excluding tert-OH is 5. The number of ether oxygens (including phenoxy) is 3. The van der Waals surface area contributed by atoms with Crippen molar-refractivity contribution in [2.45, 2.75) is 56.1 Å². The number of carbonyl (C=O) groups is 2. The summed E-state index contributed by atoms with van der Waals surface area (Å²) in [5.41, 5.74) is 0. The van der Waals surface area contributed by atoms with Crippen LogP contribution in [0.3, 0.4) is 0 Å². The van der Waals surface area contributed by atoms with Gasteiger partial charge in [0.15, 0.2) is 6.29 Å². The molecule has 12 nitrogen and oxygen atoms in total. The van der Waals surface area contributed by atoms with E-state index in [1.54, 1.807) is 0 Å². The summed E-state index contributed by atoms with van der Waals surface area (Å²) >= 11 is 0. The first-order chi connectivity index (χ1) is 12.1. The van der Waals surface area contributed by atoms with E-state index in [9.17, 15) is 35.1 Å². The third-order valence-electron chi connectivity index (χ3n) is 3.94. The molecule has 0 saturated carbocycles. The summed E-state index contributed by atoms with van der Waals surface area (Å²) in [5, 5.41) is 60.5. The maximum absolute atomic E-state index is 11.2. The van der Waals surface area contributed by atoms with Gasteiger partial charge in [-0.15, -0.1) is 0 Å². The third-order valence-corrected chi connectivity index (χ3v) is 3.94. The summed E-state index contributed by atoms with van der Waals surface area (Å²) < 4.78 is 15.4. The van der Waals surface area contributed by atoms with Crippen LogP contribution in [0, 0.1) is 0 Å². The Labute approximate surface area is 147 Å². The fraction of sp³-hybridized carbons (Fsp3) is 0.714. The molecular weight excluding hydrogens is 358 g/mol. The van der Waals surface area contributed by atoms with Gasteiger partial charge in [-0.25, -0.2) is 4.79 Å². The standard InChI is InChI=1S/C14H21NO11/c1-4(17)15-8-10(20)11(7(3-16)24-13(8)23)26-14-9(19)5(18)2-6(25-14)12(21)22/h2,5,7-11,13-14,16,18-20,23H,3H2,1H3,(H,15,17)(H,21,22)/t5?,7?,8-,9-,10?,11+,13+,14-/m0/s1. The van der Waals surface area contributed by atoms with E-state index in [0.717, 1.165) is 13.0 Å². The average Bonchev–Trinajstić information content (AvgIpc) is 2.56. The quantitative estimate of drug-likeness (QED) is 0.246. The Balaban J connectivity index is 2.19. The molecule has 1 amide bonds. The SMILES string of the molecule is CC(=O)N[C@H]1C(O)[C@H](O[C@@H]2OC(C(=O)O)=CC(O)[C@@H]2O)C(CO)O[C@H]1O. The lowest BCUT2D eigenvalue weighted by molar-refractivity contribution is -0.306. The molecule has 2 heterocycles. The van der Waals surface area contributed by atoms with Gasteiger partial charge in [0.1, 0.15) is 36.6 Å². The van der Waals surface area contributed by atoms with Gasteiger partial charge in [0.2, 0.25) is 18.0 Å². The summed E-state index contributed by atoms with van der Waals surface area (Å²) in [7, 11) is 0. The minimum Gasteiger partial charge on any atom is -0.475 e. The Bertz CT molecular complexity index is 567. The lowest BCUT2D eigenvalue weighted by atomic mass is 9.96. The third kappa shape index (κ3) is 4.29. The molecule has 148 valence electrons. The summed E-state index contributed by atoms with van der Waals surface area (Å²) in [6, 6.07) is -1.32. The van der Waals surface area contributed by atoms with Crippen LogP contribution in [-0.4, -0.2) is 98.3 Å². The van der Waals surface area contributed by atoms with E-state index in [1.165, 1.54) is 0 Å². The average molecular weight is 379 g/mol. The van der Waals surface area contributed by atoms with Gasteiger partial charge in [-0.3, -0.25) is 4.79 Å². The molecule has 0 spiro atoms. The van der Waals surface area contributed by atoms with Crippen LogP contribution in [0.25, 0.3) is 0 Å². The van der Waals surface area contributed by atoms with Crippen LogP contribution in [0.15, 0.2) is 11.8 Å². The zero-order valence-electron chi connectivity index (χ0n) is 13.6. The van der Waals surface area contributed by atoms with Crippen molar-refractivity contribution in [1.82, 2.24) is 5.32 Å². The van der Waals surface area contributed by atoms with E-state index < -0.39 is 73.4 Å². The number of aliphatic hydroxyl groups is 5. The van der Waals surface area contributed by atoms with Gasteiger partial charge in [0.05, 0.1) is 6.61 Å². The van der Waals surface area contributed by atoms with E-state index in [4.69, 9.17) is 19.3 Å². The Morgan fingerprint density at radius 3 is 2.42 bits per heavy atom. The minimum absolute atomic E-state index is 0.585. The zero-order chi connectivity index (χ0) is 19.6. The highest BCUT2D eigenvalue weighted by atomic mass is 16.7. The van der Waals surface area contributed by atoms with Crippen molar-refractivity contribution < 1.29 is 54.4 Å². The molecule has 0 aromatic carbocycles. The number of hydrogen-bond acceptors (Lipinski definition) is 10. The second kappa shape index (κ2) is 8.26. The smallest absolute Gasteiger partial charge is 0.371 e. The molecule has 26 heavy (non-hydrogen) atoms. The maximum atomic E-state index is 11.2. The van der Waals surface area contributed by atoms with Crippen molar-refractivity contribution >= 4 is 11.9 Å². The van der Waals surface area contributed by atoms with Gasteiger partial charge < -0.3 is 50.2 Å². The van der Waals surface area contributed by atoms with Crippen molar-refractivity contribution in [2.24, 2.45) is 0 Å². The molecule has 2 aliphatic heterocycles. The molecule has 0 aromatic rings. The van der Waals surface area contributed by atoms with E-state index in [1.807, 2.05) is 0 Å². The lowest BCUT2D eigenvalue weighted by Crippen LogP contribution is -2.65. The number of hydrogen-bond donors (Lipinski definition) is 7. The summed E-state index contributed by atoms with van der Waals surface area (Å²) in [4.78, 5) is 22.2. The number of carboxylic acids is 1. The van der Waals surface area contributed by atoms with Crippen LogP contribution in [0.4, 0.5) is 0 Å². The first-order valence-electron chi connectivity index (χ1n) is 7.68. The normalized spacial score (nSPS) is 40.3. The largest absolute Gasteiger partial charge is 0.475 e. The van der Waals surface area contributed by atoms with Gasteiger partial charge >= 0.3 is 5.97 Å². The molecule has 0 radical (unpaired) electrons. The summed E-state index contributed by atoms with van der Waals surface area (Å²) in [5.74, 6) is -2.79. The molecule has 7 N–H and O–H groups in total. The Morgan fingerprint density at radius 2 is 1.88 bits per heavy atom. The number of carboxylic acid groups (broad SMARTS) is 1. The highest BCUT2D eigenvalue weighted by Crippen LogP contribution is 2.27. The number of aliphatic carboxylic acids is 1. The van der Waals surface area contributed by atoms with Crippen molar-refractivity contribution in [3.63, 3.8) is 0 Å². The van der Waals surface area contributed by atoms with Crippen LogP contribution in [0.1, 0.15) is 6.92 Å². The van der Waals surface area contributed by atoms with Crippen LogP contribution >= 0.6 is 0 Å². The fourth-order valence-corrected chi connectivity index (χ4v) is 2.67. The first kappa shape index (κ1) is 20.5. The minimum atomic E-state index is -1.72. The zero-order valence-corrected chi connectivity index (χ0v) is 13.6. The molecule has 0 aromatic heterocycles. The molecule has 8 atom stereocenters. The number of rotatable bonds is 5. The molecule has 0 aliphatic carbocycles. The maximum Gasteiger partial charge on any atom is 0.371 e. The molecule has 2 rings (SSSR count). The van der Waals surface area contributed by atoms with Crippen molar-refractivity contribution in [3.8, 4) is 0 Å². The van der Waals surface area contributed by atoms with Gasteiger partial charge in [-0.1, -0.05) is 0 Å². The van der Waals surface area contributed by atoms with Gasteiger partial charge in [0.25, 0.3) is 0 Å². The number of carbonyl (C=O) groups excluding carboxylic acids is 1. The second-order valence-electron chi connectivity index (χ2n) is 5.87. The van der Waals surface area contributed by atoms with Crippen molar-refractivity contribution in [3.05, 3.63) is 11.8 Å². The Morgan fingerprint density at radius 1 is 1.23 bits per heavy atom. The topological polar surface area (TPSA) is 195 Å². The van der Waals surface area contributed by atoms with Crippen LogP contribution in [0.5, 0.6) is 0 Å². The van der Waals surface area contributed by atoms with E-state index in [-0.39, 0.29) is 0 Å². The lowest BCUT2D eigenvalue weighted by Gasteiger charge is -2.44. The van der Waals surface area contributed by atoms with Gasteiger partial charge in [-0.05, 0) is 6.08 Å². The van der Waals surface area contributed by atoms with E-state index >= 15 is 0 Å². The summed E-state index contributed by atoms with van der Waals surface area (Å²) in [6.45, 7) is 0.431. The first-order valence-corrected chi connectivity index (χ1v) is 7.68. The monoisotopic (exact) mass is 379 g/mol. The predicted molar refractivity (Wildman–Crippen MR) is 79.1 cm³/mol. The highest BCUT2D eigenvalue weighted by molar-refractivity contribution is 5.84. The van der Waals surface area contributed by atoms with Crippen LogP contribution in [-0.2, 0) is 23.8 Å². The molecule has 1 saturated heterocycles.